The monoisotopic (exact) mass is 667 g/mol. The summed E-state index contributed by atoms with van der Waals surface area (Å²) in [4.78, 5) is 51.6. The first-order valence-corrected chi connectivity index (χ1v) is 15.9. The summed E-state index contributed by atoms with van der Waals surface area (Å²) < 4.78 is 22.9. The van der Waals surface area contributed by atoms with E-state index in [4.69, 9.17) is 18.9 Å². The van der Waals surface area contributed by atoms with Gasteiger partial charge in [0.15, 0.2) is 11.0 Å². The highest BCUT2D eigenvalue weighted by molar-refractivity contribution is 7.99. The van der Waals surface area contributed by atoms with Gasteiger partial charge in [0.05, 0.1) is 56.5 Å². The Labute approximate surface area is 273 Å². The molecule has 4 aromatic rings. The van der Waals surface area contributed by atoms with Gasteiger partial charge in [-0.25, -0.2) is 9.59 Å². The Morgan fingerprint density at radius 3 is 2.24 bits per heavy atom. The molecule has 242 valence electrons. The molecule has 0 atom stereocenters. The molecule has 2 aromatic heterocycles. The quantitative estimate of drug-likeness (QED) is 0.142. The lowest BCUT2D eigenvalue weighted by Gasteiger charge is -2.14. The van der Waals surface area contributed by atoms with Crippen LogP contribution >= 0.6 is 23.1 Å². The number of thiophene rings is 1. The molecule has 0 aliphatic rings. The van der Waals surface area contributed by atoms with Gasteiger partial charge in [0.1, 0.15) is 21.4 Å². The number of hydrogen-bond acceptors (Lipinski definition) is 12. The van der Waals surface area contributed by atoms with Gasteiger partial charge in [-0.15, -0.1) is 21.5 Å². The van der Waals surface area contributed by atoms with Gasteiger partial charge in [0.25, 0.3) is 5.91 Å². The van der Waals surface area contributed by atoms with Crippen LogP contribution < -0.4 is 20.1 Å². The summed E-state index contributed by atoms with van der Waals surface area (Å²) in [5.74, 6) is -0.895. The largest absolute Gasteiger partial charge is 0.496 e. The summed E-state index contributed by atoms with van der Waals surface area (Å²) in [5, 5.41) is 14.7. The number of para-hydroxylation sites is 3. The highest BCUT2D eigenvalue weighted by Gasteiger charge is 2.28. The molecule has 0 aliphatic heterocycles. The molecule has 2 heterocycles. The molecule has 46 heavy (non-hydrogen) atoms. The Morgan fingerprint density at radius 2 is 1.54 bits per heavy atom. The molecule has 2 N–H and O–H groups in total. The minimum atomic E-state index is -0.662. The molecule has 2 aromatic carbocycles. The highest BCUT2D eigenvalue weighted by Crippen LogP contribution is 2.35. The molecule has 13 nitrogen and oxygen atoms in total. The zero-order valence-electron chi connectivity index (χ0n) is 25.9. The van der Waals surface area contributed by atoms with Crippen LogP contribution in [0.3, 0.4) is 0 Å². The number of benzene rings is 2. The van der Waals surface area contributed by atoms with E-state index in [9.17, 15) is 19.2 Å². The van der Waals surface area contributed by atoms with Crippen LogP contribution in [-0.2, 0) is 20.8 Å². The predicted octanol–water partition coefficient (Wildman–Crippen LogP) is 4.67. The fourth-order valence-electron chi connectivity index (χ4n) is 4.39. The van der Waals surface area contributed by atoms with Crippen molar-refractivity contribution in [2.75, 3.05) is 38.5 Å². The Balaban J connectivity index is 1.58. The van der Waals surface area contributed by atoms with Crippen LogP contribution in [0, 0.1) is 6.92 Å². The summed E-state index contributed by atoms with van der Waals surface area (Å²) in [6.07, 6.45) is 0. The van der Waals surface area contributed by atoms with Crippen LogP contribution in [-0.4, -0.2) is 71.7 Å². The molecule has 0 radical (unpaired) electrons. The lowest BCUT2D eigenvalue weighted by molar-refractivity contribution is -0.113. The lowest BCUT2D eigenvalue weighted by atomic mass is 10.1. The zero-order chi connectivity index (χ0) is 33.2. The van der Waals surface area contributed by atoms with E-state index in [1.165, 1.54) is 14.2 Å². The summed E-state index contributed by atoms with van der Waals surface area (Å²) >= 11 is 2.02. The number of nitrogens with zero attached hydrogens (tertiary/aromatic N) is 3. The summed E-state index contributed by atoms with van der Waals surface area (Å²) in [6, 6.07) is 14.0. The standard InChI is InChI=1S/C31H33N5O8S2/c1-6-43-29(39)25-18(3)26(30(40)44-7-2)46-28(25)33-24(37)17-45-31-35-34-23(36(31)20-13-9-11-15-22(20)42-5)16-32-27(38)19-12-8-10-14-21(19)41-4/h8-15H,6-7,16-17H2,1-5H3,(H,32,38)(H,33,37). The van der Waals surface area contributed by atoms with Gasteiger partial charge in [-0.2, -0.15) is 0 Å². The van der Waals surface area contributed by atoms with Gasteiger partial charge < -0.3 is 29.6 Å². The molecule has 0 bridgehead atoms. The van der Waals surface area contributed by atoms with Crippen molar-refractivity contribution in [2.45, 2.75) is 32.5 Å². The van der Waals surface area contributed by atoms with Crippen LogP contribution in [0.2, 0.25) is 0 Å². The van der Waals surface area contributed by atoms with Crippen molar-refractivity contribution >= 4 is 51.9 Å². The van der Waals surface area contributed by atoms with E-state index in [1.807, 2.05) is 12.1 Å². The fraction of sp³-hybridized carbons (Fsp3) is 0.290. The third kappa shape index (κ3) is 7.66. The number of hydrogen-bond donors (Lipinski definition) is 2. The number of anilines is 1. The molecule has 2 amide bonds. The first-order chi connectivity index (χ1) is 22.2. The van der Waals surface area contributed by atoms with Gasteiger partial charge in [0, 0.05) is 0 Å². The van der Waals surface area contributed by atoms with E-state index in [0.29, 0.717) is 39.3 Å². The second kappa shape index (κ2) is 15.9. The first kappa shape index (κ1) is 34.0. The number of rotatable bonds is 14. The average Bonchev–Trinajstić information content (AvgIpc) is 3.62. The smallest absolute Gasteiger partial charge is 0.348 e. The van der Waals surface area contributed by atoms with Crippen LogP contribution in [0.1, 0.15) is 55.6 Å². The molecule has 15 heteroatoms. The maximum atomic E-state index is 13.2. The van der Waals surface area contributed by atoms with E-state index in [-0.39, 0.29) is 46.9 Å². The van der Waals surface area contributed by atoms with Crippen molar-refractivity contribution < 1.29 is 38.1 Å². The second-order valence-corrected chi connectivity index (χ2v) is 11.3. The molecule has 0 fully saturated rings. The summed E-state index contributed by atoms with van der Waals surface area (Å²) in [6.45, 7) is 5.22. The fourth-order valence-corrected chi connectivity index (χ4v) is 6.25. The van der Waals surface area contributed by atoms with Crippen LogP contribution in [0.5, 0.6) is 11.5 Å². The van der Waals surface area contributed by atoms with Crippen molar-refractivity contribution in [1.82, 2.24) is 20.1 Å². The predicted molar refractivity (Wildman–Crippen MR) is 172 cm³/mol. The van der Waals surface area contributed by atoms with Crippen molar-refractivity contribution in [1.29, 1.82) is 0 Å². The maximum Gasteiger partial charge on any atom is 0.348 e. The van der Waals surface area contributed by atoms with Gasteiger partial charge in [-0.05, 0) is 50.6 Å². The van der Waals surface area contributed by atoms with Crippen LogP contribution in [0.15, 0.2) is 53.7 Å². The van der Waals surface area contributed by atoms with E-state index in [1.54, 1.807) is 61.7 Å². The second-order valence-electron chi connectivity index (χ2n) is 9.33. The maximum absolute atomic E-state index is 13.2. The van der Waals surface area contributed by atoms with E-state index in [0.717, 1.165) is 23.1 Å². The number of carbonyl (C=O) groups excluding carboxylic acids is 4. The Kier molecular flexibility index (Phi) is 11.8. The number of esters is 2. The Bertz CT molecular complexity index is 1740. The van der Waals surface area contributed by atoms with Crippen molar-refractivity contribution in [3.8, 4) is 17.2 Å². The molecular weight excluding hydrogens is 635 g/mol. The van der Waals surface area contributed by atoms with E-state index in [2.05, 4.69) is 20.8 Å². The number of amides is 2. The zero-order valence-corrected chi connectivity index (χ0v) is 27.5. The third-order valence-electron chi connectivity index (χ3n) is 6.46. The van der Waals surface area contributed by atoms with Crippen molar-refractivity contribution in [3.63, 3.8) is 0 Å². The van der Waals surface area contributed by atoms with E-state index >= 15 is 0 Å². The normalized spacial score (nSPS) is 10.6. The molecule has 0 aliphatic carbocycles. The Hall–Kier alpha value is -4.89. The number of methoxy groups -OCH3 is 2. The third-order valence-corrected chi connectivity index (χ3v) is 8.57. The SMILES string of the molecule is CCOC(=O)c1sc(NC(=O)CSc2nnc(CNC(=O)c3ccccc3OC)n2-c2ccccc2OC)c(C(=O)OCC)c1C. The van der Waals surface area contributed by atoms with Gasteiger partial charge in [0.2, 0.25) is 5.91 Å². The average molecular weight is 668 g/mol. The van der Waals surface area contributed by atoms with Crippen LogP contribution in [0.4, 0.5) is 5.00 Å². The van der Waals surface area contributed by atoms with Crippen molar-refractivity contribution in [3.05, 3.63) is 75.9 Å². The van der Waals surface area contributed by atoms with Gasteiger partial charge in [-0.1, -0.05) is 36.0 Å². The van der Waals surface area contributed by atoms with Crippen LogP contribution in [0.25, 0.3) is 5.69 Å². The molecule has 0 saturated carbocycles. The molecule has 4 rings (SSSR count). The number of ether oxygens (including phenoxy) is 4. The molecule has 0 unspecified atom stereocenters. The highest BCUT2D eigenvalue weighted by atomic mass is 32.2. The van der Waals surface area contributed by atoms with Gasteiger partial charge >= 0.3 is 11.9 Å². The lowest BCUT2D eigenvalue weighted by Crippen LogP contribution is -2.25. The summed E-state index contributed by atoms with van der Waals surface area (Å²) in [5.41, 5.74) is 1.41. The minimum Gasteiger partial charge on any atom is -0.496 e. The molecular formula is C31H33N5O8S2. The number of aromatic nitrogens is 3. The Morgan fingerprint density at radius 1 is 0.891 bits per heavy atom. The molecule has 0 saturated heterocycles. The minimum absolute atomic E-state index is 0.00267. The topological polar surface area (TPSA) is 160 Å². The van der Waals surface area contributed by atoms with Crippen molar-refractivity contribution in [2.24, 2.45) is 0 Å². The van der Waals surface area contributed by atoms with E-state index < -0.39 is 17.8 Å². The summed E-state index contributed by atoms with van der Waals surface area (Å²) in [7, 11) is 3.02. The number of carbonyl (C=O) groups is 4. The molecule has 0 spiro atoms. The number of thioether (sulfide) groups is 1. The van der Waals surface area contributed by atoms with Gasteiger partial charge in [-0.3, -0.25) is 14.2 Å². The number of nitrogens with one attached hydrogen (secondary N) is 2. The first-order valence-electron chi connectivity index (χ1n) is 14.1.